The number of likely N-dealkylation sites (tertiary alicyclic amines) is 1. The highest BCUT2D eigenvalue weighted by Gasteiger charge is 2.17. The van der Waals surface area contributed by atoms with Crippen molar-refractivity contribution in [3.8, 4) is 0 Å². The molecule has 6 nitrogen and oxygen atoms in total. The van der Waals surface area contributed by atoms with Crippen molar-refractivity contribution >= 4 is 35.8 Å². The first-order valence-electron chi connectivity index (χ1n) is 9.62. The first kappa shape index (κ1) is 22.3. The van der Waals surface area contributed by atoms with E-state index in [0.717, 1.165) is 38.1 Å². The van der Waals surface area contributed by atoms with Crippen molar-refractivity contribution in [2.75, 3.05) is 26.2 Å². The topological polar surface area (TPSA) is 69.9 Å². The Bertz CT molecular complexity index is 728. The van der Waals surface area contributed by atoms with Gasteiger partial charge in [0.1, 0.15) is 12.3 Å². The molecule has 1 aliphatic heterocycles. The van der Waals surface area contributed by atoms with E-state index in [1.807, 2.05) is 35.2 Å². The normalized spacial score (nSPS) is 15.0. The van der Waals surface area contributed by atoms with Gasteiger partial charge in [-0.1, -0.05) is 30.3 Å². The average molecular weight is 496 g/mol. The summed E-state index contributed by atoms with van der Waals surface area (Å²) in [5, 5.41) is 6.71. The average Bonchev–Trinajstić information content (AvgIpc) is 3.40. The van der Waals surface area contributed by atoms with Crippen molar-refractivity contribution in [3.05, 3.63) is 60.1 Å². The zero-order valence-corrected chi connectivity index (χ0v) is 18.6. The minimum absolute atomic E-state index is 0. The zero-order chi connectivity index (χ0) is 18.9. The third kappa shape index (κ3) is 6.85. The lowest BCUT2D eigenvalue weighted by atomic mass is 10.1. The third-order valence-electron chi connectivity index (χ3n) is 4.73. The molecule has 152 valence electrons. The molecule has 1 saturated heterocycles. The molecule has 1 aliphatic rings. The van der Waals surface area contributed by atoms with Crippen molar-refractivity contribution in [2.24, 2.45) is 4.99 Å². The van der Waals surface area contributed by atoms with E-state index in [-0.39, 0.29) is 42.5 Å². The predicted molar refractivity (Wildman–Crippen MR) is 122 cm³/mol. The van der Waals surface area contributed by atoms with E-state index in [1.54, 1.807) is 6.26 Å². The molecule has 7 heteroatoms. The summed E-state index contributed by atoms with van der Waals surface area (Å²) in [7, 11) is 0. The summed E-state index contributed by atoms with van der Waals surface area (Å²) < 4.78 is 5.37. The van der Waals surface area contributed by atoms with Crippen LogP contribution in [0.4, 0.5) is 0 Å². The molecule has 2 heterocycles. The van der Waals surface area contributed by atoms with Crippen LogP contribution in [0.2, 0.25) is 0 Å². The van der Waals surface area contributed by atoms with Gasteiger partial charge in [0, 0.05) is 26.1 Å². The molecular weight excluding hydrogens is 467 g/mol. The van der Waals surface area contributed by atoms with Gasteiger partial charge in [0.05, 0.1) is 12.3 Å². The fourth-order valence-corrected chi connectivity index (χ4v) is 3.15. The Labute approximate surface area is 183 Å². The van der Waals surface area contributed by atoms with E-state index in [4.69, 9.17) is 4.42 Å². The van der Waals surface area contributed by atoms with Gasteiger partial charge in [-0.15, -0.1) is 24.0 Å². The quantitative estimate of drug-likeness (QED) is 0.351. The van der Waals surface area contributed by atoms with Gasteiger partial charge >= 0.3 is 0 Å². The Morgan fingerprint density at radius 1 is 1.18 bits per heavy atom. The maximum absolute atomic E-state index is 12.3. The molecule has 3 rings (SSSR count). The van der Waals surface area contributed by atoms with Gasteiger partial charge in [-0.25, -0.2) is 4.99 Å². The van der Waals surface area contributed by atoms with Gasteiger partial charge in [0.25, 0.3) is 0 Å². The number of carbonyl (C=O) groups is 1. The molecule has 1 unspecified atom stereocenters. The Morgan fingerprint density at radius 3 is 2.61 bits per heavy atom. The molecule has 2 aromatic rings. The van der Waals surface area contributed by atoms with Crippen LogP contribution in [0, 0.1) is 0 Å². The monoisotopic (exact) mass is 496 g/mol. The molecule has 0 aliphatic carbocycles. The van der Waals surface area contributed by atoms with Crippen LogP contribution in [0.25, 0.3) is 0 Å². The summed E-state index contributed by atoms with van der Waals surface area (Å²) in [6, 6.07) is 14.1. The summed E-state index contributed by atoms with van der Waals surface area (Å²) in [6.07, 6.45) is 4.61. The number of hydrogen-bond donors (Lipinski definition) is 2. The van der Waals surface area contributed by atoms with Gasteiger partial charge in [-0.2, -0.15) is 0 Å². The number of nitrogens with zero attached hydrogens (tertiary/aromatic N) is 2. The number of aliphatic imine (C=N–C) groups is 1. The Balaban J connectivity index is 0.00000280. The van der Waals surface area contributed by atoms with Crippen LogP contribution in [0.3, 0.4) is 0 Å². The van der Waals surface area contributed by atoms with Crippen LogP contribution >= 0.6 is 24.0 Å². The Morgan fingerprint density at radius 2 is 1.93 bits per heavy atom. The molecule has 28 heavy (non-hydrogen) atoms. The molecule has 0 radical (unpaired) electrons. The molecular formula is C21H29IN4O2. The lowest BCUT2D eigenvalue weighted by molar-refractivity contribution is -0.128. The van der Waals surface area contributed by atoms with Gasteiger partial charge in [-0.05, 0) is 37.5 Å². The van der Waals surface area contributed by atoms with E-state index in [0.29, 0.717) is 12.5 Å². The minimum atomic E-state index is 0. The summed E-state index contributed by atoms with van der Waals surface area (Å²) in [6.45, 7) is 4.63. The maximum atomic E-state index is 12.3. The molecule has 0 spiro atoms. The summed E-state index contributed by atoms with van der Waals surface area (Å²) >= 11 is 0. The van der Waals surface area contributed by atoms with Crippen LogP contribution in [0.1, 0.15) is 37.1 Å². The number of amides is 1. The van der Waals surface area contributed by atoms with Crippen LogP contribution in [-0.2, 0) is 11.2 Å². The molecule has 0 bridgehead atoms. The fourth-order valence-electron chi connectivity index (χ4n) is 3.15. The lowest BCUT2D eigenvalue weighted by Crippen LogP contribution is -2.41. The summed E-state index contributed by atoms with van der Waals surface area (Å²) in [4.78, 5) is 18.7. The molecule has 1 aromatic heterocycles. The number of furan rings is 1. The number of hydrogen-bond acceptors (Lipinski definition) is 3. The largest absolute Gasteiger partial charge is 0.469 e. The summed E-state index contributed by atoms with van der Waals surface area (Å²) in [5.41, 5.74) is 1.17. The molecule has 1 aromatic carbocycles. The first-order valence-corrected chi connectivity index (χ1v) is 9.62. The second kappa shape index (κ2) is 11.7. The smallest absolute Gasteiger partial charge is 0.244 e. The molecule has 2 N–H and O–H groups in total. The Hall–Kier alpha value is -2.03. The standard InChI is InChI=1S/C21H28N4O2.HI/c1-17(18-8-3-2-4-9-18)24-21(22-12-11-19-10-7-15-27-19)23-16-20(26)25-13-5-6-14-25;/h2-4,7-10,15,17H,5-6,11-14,16H2,1H3,(H2,22,23,24);1H. The highest BCUT2D eigenvalue weighted by molar-refractivity contribution is 14.0. The second-order valence-corrected chi connectivity index (χ2v) is 6.79. The van der Waals surface area contributed by atoms with E-state index < -0.39 is 0 Å². The van der Waals surface area contributed by atoms with Gasteiger partial charge in [-0.3, -0.25) is 4.79 Å². The molecule has 1 atom stereocenters. The number of rotatable bonds is 7. The van der Waals surface area contributed by atoms with E-state index in [1.165, 1.54) is 5.56 Å². The first-order chi connectivity index (χ1) is 13.2. The second-order valence-electron chi connectivity index (χ2n) is 6.79. The zero-order valence-electron chi connectivity index (χ0n) is 16.3. The van der Waals surface area contributed by atoms with Crippen molar-refractivity contribution in [2.45, 2.75) is 32.2 Å². The predicted octanol–water partition coefficient (Wildman–Crippen LogP) is 3.36. The number of nitrogens with one attached hydrogen (secondary N) is 2. The van der Waals surface area contributed by atoms with Gasteiger partial charge < -0.3 is 20.0 Å². The number of benzene rings is 1. The highest BCUT2D eigenvalue weighted by Crippen LogP contribution is 2.11. The Kier molecular flexibility index (Phi) is 9.33. The van der Waals surface area contributed by atoms with E-state index in [9.17, 15) is 4.79 Å². The van der Waals surface area contributed by atoms with Crippen molar-refractivity contribution in [1.82, 2.24) is 15.5 Å². The van der Waals surface area contributed by atoms with Crippen LogP contribution in [0.5, 0.6) is 0 Å². The van der Waals surface area contributed by atoms with Gasteiger partial charge in [0.2, 0.25) is 5.91 Å². The SMILES string of the molecule is CC(NC(=NCC(=O)N1CCCC1)NCCc1ccco1)c1ccccc1.I. The number of carbonyl (C=O) groups excluding carboxylic acids is 1. The van der Waals surface area contributed by atoms with Crippen LogP contribution in [0.15, 0.2) is 58.1 Å². The molecule has 1 amide bonds. The van der Waals surface area contributed by atoms with Crippen LogP contribution in [-0.4, -0.2) is 42.9 Å². The maximum Gasteiger partial charge on any atom is 0.244 e. The number of guanidine groups is 1. The molecule has 1 fully saturated rings. The van der Waals surface area contributed by atoms with Crippen molar-refractivity contribution in [1.29, 1.82) is 0 Å². The summed E-state index contributed by atoms with van der Waals surface area (Å²) in [5.74, 6) is 1.66. The molecule has 0 saturated carbocycles. The van der Waals surface area contributed by atoms with Crippen molar-refractivity contribution in [3.63, 3.8) is 0 Å². The fraction of sp³-hybridized carbons (Fsp3) is 0.429. The van der Waals surface area contributed by atoms with E-state index in [2.05, 4.69) is 34.7 Å². The van der Waals surface area contributed by atoms with Gasteiger partial charge in [0.15, 0.2) is 5.96 Å². The van der Waals surface area contributed by atoms with Crippen molar-refractivity contribution < 1.29 is 9.21 Å². The number of halogens is 1. The van der Waals surface area contributed by atoms with Crippen LogP contribution < -0.4 is 10.6 Å². The third-order valence-corrected chi connectivity index (χ3v) is 4.73. The minimum Gasteiger partial charge on any atom is -0.469 e. The van der Waals surface area contributed by atoms with E-state index >= 15 is 0 Å². The lowest BCUT2D eigenvalue weighted by Gasteiger charge is -2.19. The highest BCUT2D eigenvalue weighted by atomic mass is 127.